The first kappa shape index (κ1) is 13.4. The molecule has 0 aliphatic carbocycles. The van der Waals surface area contributed by atoms with Gasteiger partial charge in [-0.2, -0.15) is 4.98 Å². The number of amides is 1. The summed E-state index contributed by atoms with van der Waals surface area (Å²) in [7, 11) is 0. The molecule has 17 heavy (non-hydrogen) atoms. The van der Waals surface area contributed by atoms with Gasteiger partial charge in [-0.05, 0) is 27.7 Å². The molecule has 0 spiro atoms. The molecule has 0 saturated heterocycles. The summed E-state index contributed by atoms with van der Waals surface area (Å²) < 4.78 is 9.90. The van der Waals surface area contributed by atoms with E-state index in [1.54, 1.807) is 27.7 Å². The Morgan fingerprint density at radius 3 is 2.65 bits per heavy atom. The van der Waals surface area contributed by atoms with E-state index < -0.39 is 17.7 Å². The van der Waals surface area contributed by atoms with Gasteiger partial charge in [0, 0.05) is 0 Å². The summed E-state index contributed by atoms with van der Waals surface area (Å²) >= 11 is 0. The molecular weight excluding hydrogens is 226 g/mol. The Kier molecular flexibility index (Phi) is 4.06. The predicted octanol–water partition coefficient (Wildman–Crippen LogP) is 0.936. The van der Waals surface area contributed by atoms with Gasteiger partial charge in [0.15, 0.2) is 5.82 Å². The van der Waals surface area contributed by atoms with Gasteiger partial charge < -0.3 is 19.7 Å². The lowest BCUT2D eigenvalue weighted by molar-refractivity contribution is 0.0467. The van der Waals surface area contributed by atoms with Crippen molar-refractivity contribution in [3.8, 4) is 0 Å². The molecule has 1 amide bonds. The molecule has 1 heterocycles. The highest BCUT2D eigenvalue weighted by Crippen LogP contribution is 2.12. The van der Waals surface area contributed by atoms with E-state index >= 15 is 0 Å². The van der Waals surface area contributed by atoms with Gasteiger partial charge in [-0.3, -0.25) is 0 Å². The van der Waals surface area contributed by atoms with Crippen molar-refractivity contribution in [3.05, 3.63) is 11.7 Å². The van der Waals surface area contributed by atoms with Crippen LogP contribution in [0, 0.1) is 6.92 Å². The highest BCUT2D eigenvalue weighted by Gasteiger charge is 2.23. The second-order valence-electron chi connectivity index (χ2n) is 4.56. The van der Waals surface area contributed by atoms with Gasteiger partial charge in [-0.1, -0.05) is 5.16 Å². The molecule has 1 rings (SSSR count). The SMILES string of the molecule is Cc1noc([C@H](CO)NC(=O)OC(C)(C)C)n1. The molecule has 1 aromatic rings. The summed E-state index contributed by atoms with van der Waals surface area (Å²) in [6.07, 6.45) is -0.646. The first-order chi connectivity index (χ1) is 7.81. The van der Waals surface area contributed by atoms with Gasteiger partial charge in [-0.15, -0.1) is 0 Å². The van der Waals surface area contributed by atoms with Crippen molar-refractivity contribution in [2.45, 2.75) is 39.3 Å². The summed E-state index contributed by atoms with van der Waals surface area (Å²) in [5.74, 6) is 0.584. The molecule has 0 aliphatic heterocycles. The van der Waals surface area contributed by atoms with E-state index in [9.17, 15) is 4.79 Å². The maximum atomic E-state index is 11.5. The zero-order valence-electron chi connectivity index (χ0n) is 10.4. The molecule has 0 aliphatic rings. The van der Waals surface area contributed by atoms with Gasteiger partial charge in [-0.25, -0.2) is 4.79 Å². The normalized spacial score (nSPS) is 13.2. The summed E-state index contributed by atoms with van der Waals surface area (Å²) in [4.78, 5) is 15.4. The Balaban J connectivity index is 2.62. The number of alkyl carbamates (subject to hydrolysis) is 1. The van der Waals surface area contributed by atoms with Crippen LogP contribution in [0.1, 0.15) is 38.5 Å². The molecule has 1 aromatic heterocycles. The lowest BCUT2D eigenvalue weighted by Crippen LogP contribution is -2.36. The van der Waals surface area contributed by atoms with Gasteiger partial charge in [0.25, 0.3) is 5.89 Å². The zero-order chi connectivity index (χ0) is 13.1. The van der Waals surface area contributed by atoms with E-state index in [1.165, 1.54) is 0 Å². The van der Waals surface area contributed by atoms with Crippen LogP contribution in [0.2, 0.25) is 0 Å². The average Bonchev–Trinajstić information content (AvgIpc) is 2.58. The van der Waals surface area contributed by atoms with Crippen molar-refractivity contribution in [3.63, 3.8) is 0 Å². The third-order valence-corrected chi connectivity index (χ3v) is 1.71. The average molecular weight is 243 g/mol. The van der Waals surface area contributed by atoms with Crippen LogP contribution in [0.25, 0.3) is 0 Å². The first-order valence-electron chi connectivity index (χ1n) is 5.22. The molecule has 1 atom stereocenters. The molecular formula is C10H17N3O4. The van der Waals surface area contributed by atoms with E-state index in [4.69, 9.17) is 14.4 Å². The Bertz CT molecular complexity index is 383. The molecule has 0 radical (unpaired) electrons. The number of hydrogen-bond acceptors (Lipinski definition) is 6. The number of hydrogen-bond donors (Lipinski definition) is 2. The van der Waals surface area contributed by atoms with Gasteiger partial charge in [0.2, 0.25) is 0 Å². The van der Waals surface area contributed by atoms with E-state index in [2.05, 4.69) is 15.5 Å². The second-order valence-corrected chi connectivity index (χ2v) is 4.56. The standard InChI is InChI=1S/C10H17N3O4/c1-6-11-8(17-13-6)7(5-14)12-9(15)16-10(2,3)4/h7,14H,5H2,1-4H3,(H,12,15)/t7-/m0/s1. The third kappa shape index (κ3) is 4.39. The molecule has 7 nitrogen and oxygen atoms in total. The fourth-order valence-corrected chi connectivity index (χ4v) is 1.09. The monoisotopic (exact) mass is 243 g/mol. The number of aromatic nitrogens is 2. The Morgan fingerprint density at radius 2 is 2.24 bits per heavy atom. The maximum absolute atomic E-state index is 11.5. The molecule has 0 saturated carbocycles. The number of aliphatic hydroxyl groups excluding tert-OH is 1. The molecule has 0 unspecified atom stereocenters. The Hall–Kier alpha value is -1.63. The van der Waals surface area contributed by atoms with E-state index in [0.29, 0.717) is 5.82 Å². The number of aryl methyl sites for hydroxylation is 1. The largest absolute Gasteiger partial charge is 0.444 e. The maximum Gasteiger partial charge on any atom is 0.408 e. The lowest BCUT2D eigenvalue weighted by Gasteiger charge is -2.21. The smallest absolute Gasteiger partial charge is 0.408 e. The minimum Gasteiger partial charge on any atom is -0.444 e. The van der Waals surface area contributed by atoms with Crippen LogP contribution in [0.3, 0.4) is 0 Å². The third-order valence-electron chi connectivity index (χ3n) is 1.71. The van der Waals surface area contributed by atoms with Crippen molar-refractivity contribution in [1.82, 2.24) is 15.5 Å². The van der Waals surface area contributed by atoms with Gasteiger partial charge in [0.1, 0.15) is 11.6 Å². The number of ether oxygens (including phenoxy) is 1. The van der Waals surface area contributed by atoms with Crippen molar-refractivity contribution in [2.75, 3.05) is 6.61 Å². The van der Waals surface area contributed by atoms with Crippen LogP contribution in [-0.2, 0) is 4.74 Å². The number of carbonyl (C=O) groups is 1. The number of aliphatic hydroxyl groups is 1. The number of rotatable bonds is 3. The highest BCUT2D eigenvalue weighted by molar-refractivity contribution is 5.68. The zero-order valence-corrected chi connectivity index (χ0v) is 10.4. The van der Waals surface area contributed by atoms with Gasteiger partial charge >= 0.3 is 6.09 Å². The summed E-state index contributed by atoms with van der Waals surface area (Å²) in [6.45, 7) is 6.54. The van der Waals surface area contributed by atoms with Crippen molar-refractivity contribution in [2.24, 2.45) is 0 Å². The van der Waals surface area contributed by atoms with Crippen LogP contribution in [0.15, 0.2) is 4.52 Å². The van der Waals surface area contributed by atoms with Crippen LogP contribution >= 0.6 is 0 Å². The van der Waals surface area contributed by atoms with E-state index in [1.807, 2.05) is 0 Å². The number of nitrogens with zero attached hydrogens (tertiary/aromatic N) is 2. The number of carbonyl (C=O) groups excluding carboxylic acids is 1. The Labute approximate surface area is 99.2 Å². The van der Waals surface area contributed by atoms with Crippen LogP contribution in [-0.4, -0.2) is 33.5 Å². The van der Waals surface area contributed by atoms with Crippen molar-refractivity contribution < 1.29 is 19.2 Å². The van der Waals surface area contributed by atoms with Crippen LogP contribution in [0.4, 0.5) is 4.79 Å². The number of nitrogens with one attached hydrogen (secondary N) is 1. The second kappa shape index (κ2) is 5.13. The fourth-order valence-electron chi connectivity index (χ4n) is 1.09. The van der Waals surface area contributed by atoms with E-state index in [0.717, 1.165) is 0 Å². The quantitative estimate of drug-likeness (QED) is 0.819. The Morgan fingerprint density at radius 1 is 1.59 bits per heavy atom. The van der Waals surface area contributed by atoms with Crippen LogP contribution in [0.5, 0.6) is 0 Å². The molecule has 7 heteroatoms. The fraction of sp³-hybridized carbons (Fsp3) is 0.700. The molecule has 96 valence electrons. The van der Waals surface area contributed by atoms with Gasteiger partial charge in [0.05, 0.1) is 6.61 Å². The van der Waals surface area contributed by atoms with Crippen LogP contribution < -0.4 is 5.32 Å². The topological polar surface area (TPSA) is 97.5 Å². The molecule has 0 fully saturated rings. The molecule has 0 bridgehead atoms. The summed E-state index contributed by atoms with van der Waals surface area (Å²) in [5, 5.41) is 15.2. The predicted molar refractivity (Wildman–Crippen MR) is 58.2 cm³/mol. The summed E-state index contributed by atoms with van der Waals surface area (Å²) in [6, 6.07) is -0.758. The summed E-state index contributed by atoms with van der Waals surface area (Å²) in [5.41, 5.74) is -0.602. The van der Waals surface area contributed by atoms with Crippen molar-refractivity contribution >= 4 is 6.09 Å². The first-order valence-corrected chi connectivity index (χ1v) is 5.22. The minimum atomic E-state index is -0.758. The minimum absolute atomic E-state index is 0.149. The molecule has 0 aromatic carbocycles. The van der Waals surface area contributed by atoms with Crippen molar-refractivity contribution in [1.29, 1.82) is 0 Å². The molecule has 2 N–H and O–H groups in total. The van der Waals surface area contributed by atoms with E-state index in [-0.39, 0.29) is 12.5 Å². The lowest BCUT2D eigenvalue weighted by atomic mass is 10.2. The highest BCUT2D eigenvalue weighted by atomic mass is 16.6.